The Bertz CT molecular complexity index is 2690. The Hall–Kier alpha value is -6.59. The van der Waals surface area contributed by atoms with Gasteiger partial charge in [0.15, 0.2) is 5.82 Å². The van der Waals surface area contributed by atoms with Gasteiger partial charge in [0.2, 0.25) is 11.8 Å². The molecule has 0 bridgehead atoms. The molecule has 8 rings (SSSR count). The van der Waals surface area contributed by atoms with Crippen molar-refractivity contribution < 1.29 is 18.8 Å². The molecule has 6 aromatic rings. The number of anilines is 2. The van der Waals surface area contributed by atoms with Crippen LogP contribution in [-0.4, -0.2) is 80.4 Å². The number of benzene rings is 2. The molecule has 14 heteroatoms. The summed E-state index contributed by atoms with van der Waals surface area (Å²) >= 11 is 0. The first kappa shape index (κ1) is 37.3. The third kappa shape index (κ3) is 7.18. The van der Waals surface area contributed by atoms with Crippen molar-refractivity contribution in [2.45, 2.75) is 44.4 Å². The SMILES string of the molecule is Cc1cc(-c2ncc(N(C)c3cc(C4CCN(C)CC4)c4c(c3)n(C)c(=O)n4C)cn2)cnc1C(=O)NCC#Cc1ccc2occ(C3CCC(=O)NC3=O)c2c1. The molecule has 2 fully saturated rings. The molecule has 1 atom stereocenters. The molecule has 2 aliphatic rings. The minimum atomic E-state index is -0.468. The van der Waals surface area contributed by atoms with Crippen LogP contribution in [0.2, 0.25) is 0 Å². The Balaban J connectivity index is 0.938. The lowest BCUT2D eigenvalue weighted by atomic mass is 9.88. The van der Waals surface area contributed by atoms with Crippen molar-refractivity contribution in [2.24, 2.45) is 14.1 Å². The molecule has 2 aromatic carbocycles. The average Bonchev–Trinajstić information content (AvgIpc) is 3.73. The third-order valence-corrected chi connectivity index (χ3v) is 11.3. The molecule has 1 unspecified atom stereocenters. The first-order chi connectivity index (χ1) is 27.5. The normalized spacial score (nSPS) is 16.4. The molecule has 2 aliphatic heterocycles. The average molecular weight is 766 g/mol. The zero-order valence-electron chi connectivity index (χ0n) is 32.5. The molecule has 0 saturated carbocycles. The van der Waals surface area contributed by atoms with Gasteiger partial charge in [-0.2, -0.15) is 0 Å². The Morgan fingerprint density at radius 3 is 2.46 bits per heavy atom. The van der Waals surface area contributed by atoms with Gasteiger partial charge in [0.25, 0.3) is 5.91 Å². The highest BCUT2D eigenvalue weighted by atomic mass is 16.3. The van der Waals surface area contributed by atoms with Crippen molar-refractivity contribution in [1.29, 1.82) is 0 Å². The fourth-order valence-corrected chi connectivity index (χ4v) is 7.96. The molecule has 0 spiro atoms. The zero-order chi connectivity index (χ0) is 40.0. The molecule has 2 saturated heterocycles. The second-order valence-electron chi connectivity index (χ2n) is 15.0. The van der Waals surface area contributed by atoms with E-state index in [1.807, 2.05) is 57.2 Å². The highest BCUT2D eigenvalue weighted by Crippen LogP contribution is 2.37. The van der Waals surface area contributed by atoms with E-state index in [-0.39, 0.29) is 42.1 Å². The second-order valence-corrected chi connectivity index (χ2v) is 15.0. The number of aryl methyl sites for hydroxylation is 3. The van der Waals surface area contributed by atoms with E-state index in [0.717, 1.165) is 59.3 Å². The minimum Gasteiger partial charge on any atom is -0.464 e. The number of imide groups is 1. The number of fused-ring (bicyclic) bond motifs is 2. The number of furan rings is 1. The van der Waals surface area contributed by atoms with Crippen molar-refractivity contribution in [3.05, 3.63) is 99.7 Å². The minimum absolute atomic E-state index is 0.0443. The van der Waals surface area contributed by atoms with Crippen LogP contribution in [0.25, 0.3) is 33.4 Å². The van der Waals surface area contributed by atoms with Gasteiger partial charge in [-0.15, -0.1) is 0 Å². The van der Waals surface area contributed by atoms with Crippen molar-refractivity contribution >= 4 is 51.1 Å². The topological polar surface area (TPSA) is 160 Å². The molecule has 290 valence electrons. The Kier molecular flexibility index (Phi) is 9.93. The largest absolute Gasteiger partial charge is 0.464 e. The molecular weight excluding hydrogens is 723 g/mol. The van der Waals surface area contributed by atoms with Gasteiger partial charge >= 0.3 is 5.69 Å². The van der Waals surface area contributed by atoms with Crippen molar-refractivity contribution in [1.82, 2.24) is 39.6 Å². The summed E-state index contributed by atoms with van der Waals surface area (Å²) in [6, 6.07) is 11.5. The number of imidazole rings is 1. The molecule has 6 heterocycles. The van der Waals surface area contributed by atoms with E-state index >= 15 is 0 Å². The second kappa shape index (κ2) is 15.2. The molecule has 57 heavy (non-hydrogen) atoms. The van der Waals surface area contributed by atoms with Gasteiger partial charge in [0.1, 0.15) is 11.3 Å². The number of carbonyl (C=O) groups is 3. The maximum Gasteiger partial charge on any atom is 0.328 e. The van der Waals surface area contributed by atoms with Gasteiger partial charge in [-0.3, -0.25) is 33.8 Å². The predicted octanol–water partition coefficient (Wildman–Crippen LogP) is 4.66. The highest BCUT2D eigenvalue weighted by Gasteiger charge is 2.30. The molecule has 3 amide bonds. The summed E-state index contributed by atoms with van der Waals surface area (Å²) in [5, 5.41) is 5.98. The maximum atomic E-state index is 13.1. The van der Waals surface area contributed by atoms with Crippen LogP contribution in [-0.2, 0) is 23.7 Å². The quantitative estimate of drug-likeness (QED) is 0.173. The fraction of sp³-hybridized carbons (Fsp3) is 0.326. The number of rotatable bonds is 7. The zero-order valence-corrected chi connectivity index (χ0v) is 32.5. The van der Waals surface area contributed by atoms with Gasteiger partial charge in [-0.05, 0) is 99.8 Å². The van der Waals surface area contributed by atoms with Gasteiger partial charge in [0, 0.05) is 61.5 Å². The Morgan fingerprint density at radius 2 is 1.72 bits per heavy atom. The van der Waals surface area contributed by atoms with Crippen molar-refractivity contribution in [2.75, 3.05) is 38.6 Å². The van der Waals surface area contributed by atoms with E-state index in [1.165, 1.54) is 5.56 Å². The van der Waals surface area contributed by atoms with Gasteiger partial charge in [-0.1, -0.05) is 11.8 Å². The summed E-state index contributed by atoms with van der Waals surface area (Å²) in [6.45, 7) is 3.94. The van der Waals surface area contributed by atoms with E-state index in [0.29, 0.717) is 40.4 Å². The van der Waals surface area contributed by atoms with E-state index in [1.54, 1.807) is 40.1 Å². The summed E-state index contributed by atoms with van der Waals surface area (Å²) in [5.41, 5.74) is 8.42. The van der Waals surface area contributed by atoms with Crippen LogP contribution in [0.15, 0.2) is 70.5 Å². The van der Waals surface area contributed by atoms with Gasteiger partial charge in [-0.25, -0.2) is 14.8 Å². The molecule has 0 radical (unpaired) electrons. The van der Waals surface area contributed by atoms with Crippen LogP contribution in [0.1, 0.15) is 70.3 Å². The van der Waals surface area contributed by atoms with Crippen molar-refractivity contribution in [3.63, 3.8) is 0 Å². The Labute approximate surface area is 328 Å². The van der Waals surface area contributed by atoms with E-state index in [4.69, 9.17) is 4.42 Å². The maximum absolute atomic E-state index is 13.1. The van der Waals surface area contributed by atoms with Crippen LogP contribution in [0.3, 0.4) is 0 Å². The summed E-state index contributed by atoms with van der Waals surface area (Å²) in [4.78, 5) is 68.3. The van der Waals surface area contributed by atoms with E-state index in [9.17, 15) is 19.2 Å². The van der Waals surface area contributed by atoms with Crippen LogP contribution >= 0.6 is 0 Å². The van der Waals surface area contributed by atoms with Crippen LogP contribution < -0.4 is 21.2 Å². The smallest absolute Gasteiger partial charge is 0.328 e. The molecule has 14 nitrogen and oxygen atoms in total. The number of nitrogens with one attached hydrogen (secondary N) is 2. The highest BCUT2D eigenvalue weighted by molar-refractivity contribution is 6.03. The third-order valence-electron chi connectivity index (χ3n) is 11.3. The number of nitrogens with zero attached hydrogens (tertiary/aromatic N) is 7. The standard InChI is InChI=1S/C43H43N9O5/c1-25-17-28(21-45-38(25)42(55)44-14-6-7-26-8-10-36-33(18-26)34(24-57-36)31-9-11-37(53)48-41(31)54)40-46-22-30(23-47-40)50(3)29-19-32(27-12-15-49(2)16-13-27)39-35(20-29)51(4)43(56)52(39)5/h8,10,17-24,27,31H,9,11-16H2,1-5H3,(H,44,55)(H,48,53,54). The number of aromatic nitrogens is 5. The number of amides is 3. The predicted molar refractivity (Wildman–Crippen MR) is 216 cm³/mol. The Morgan fingerprint density at radius 1 is 0.947 bits per heavy atom. The first-order valence-electron chi connectivity index (χ1n) is 19.0. The summed E-state index contributed by atoms with van der Waals surface area (Å²) in [7, 11) is 7.79. The van der Waals surface area contributed by atoms with Crippen molar-refractivity contribution in [3.8, 4) is 23.2 Å². The van der Waals surface area contributed by atoms with Gasteiger partial charge < -0.3 is 19.5 Å². The number of hydrogen-bond acceptors (Lipinski definition) is 10. The molecule has 4 aromatic heterocycles. The summed E-state index contributed by atoms with van der Waals surface area (Å²) < 4.78 is 9.14. The molecule has 0 aliphatic carbocycles. The molecular formula is C43H43N9O5. The summed E-state index contributed by atoms with van der Waals surface area (Å²) in [6.07, 6.45) is 9.44. The van der Waals surface area contributed by atoms with Gasteiger partial charge in [0.05, 0.1) is 47.8 Å². The number of piperidine rings is 2. The number of carbonyl (C=O) groups excluding carboxylic acids is 3. The monoisotopic (exact) mass is 765 g/mol. The number of pyridine rings is 1. The lowest BCUT2D eigenvalue weighted by Gasteiger charge is -2.30. The lowest BCUT2D eigenvalue weighted by Crippen LogP contribution is -2.39. The first-order valence-corrected chi connectivity index (χ1v) is 19.0. The lowest BCUT2D eigenvalue weighted by molar-refractivity contribution is -0.134. The van der Waals surface area contributed by atoms with Crippen LogP contribution in [0.4, 0.5) is 11.4 Å². The van der Waals surface area contributed by atoms with E-state index in [2.05, 4.69) is 55.4 Å². The number of hydrogen-bond donors (Lipinski definition) is 2. The summed E-state index contributed by atoms with van der Waals surface area (Å²) in [5.74, 6) is 5.45. The van der Waals surface area contributed by atoms with Crippen LogP contribution in [0.5, 0.6) is 0 Å². The fourth-order valence-electron chi connectivity index (χ4n) is 7.96. The number of likely N-dealkylation sites (tertiary alicyclic amines) is 1. The van der Waals surface area contributed by atoms with E-state index < -0.39 is 5.92 Å². The van der Waals surface area contributed by atoms with Crippen LogP contribution in [0, 0.1) is 18.8 Å². The molecule has 2 N–H and O–H groups in total.